The lowest BCUT2D eigenvalue weighted by atomic mass is 10.0. The highest BCUT2D eigenvalue weighted by molar-refractivity contribution is 5.95. The lowest BCUT2D eigenvalue weighted by Crippen LogP contribution is -2.53. The van der Waals surface area contributed by atoms with Crippen LogP contribution in [0.15, 0.2) is 98.4 Å². The largest absolute Gasteiger partial charge is 0.419 e. The topological polar surface area (TPSA) is 137 Å². The van der Waals surface area contributed by atoms with Crippen molar-refractivity contribution in [3.8, 4) is 22.3 Å². The van der Waals surface area contributed by atoms with Crippen molar-refractivity contribution in [3.63, 3.8) is 0 Å². The molecule has 6 heterocycles. The smallest absolute Gasteiger partial charge is 0.384 e. The molecule has 0 bridgehead atoms. The van der Waals surface area contributed by atoms with Crippen LogP contribution in [-0.2, 0) is 24.7 Å². The number of anilines is 4. The Balaban J connectivity index is 0.000000205. The van der Waals surface area contributed by atoms with Crippen LogP contribution in [0.5, 0.6) is 0 Å². The van der Waals surface area contributed by atoms with E-state index >= 15 is 0 Å². The molecule has 4 N–H and O–H groups in total. The number of benzene rings is 4. The average molecular weight is 1230 g/mol. The first-order valence-electron chi connectivity index (χ1n) is 25.5. The number of aliphatic hydroxyl groups excluding tert-OH is 2. The Bertz CT molecular complexity index is 3600. The molecule has 0 radical (unpaired) electrons. The monoisotopic (exact) mass is 1230 g/mol. The van der Waals surface area contributed by atoms with Gasteiger partial charge in [-0.3, -0.25) is 0 Å². The van der Waals surface area contributed by atoms with Gasteiger partial charge in [-0.05, 0) is 85.6 Å². The molecule has 0 spiro atoms. The zero-order chi connectivity index (χ0) is 62.9. The molecule has 0 saturated carbocycles. The molecule has 4 atom stereocenters. The van der Waals surface area contributed by atoms with Gasteiger partial charge in [0.2, 0.25) is 11.9 Å². The summed E-state index contributed by atoms with van der Waals surface area (Å²) in [5.74, 6) is -10.5. The van der Waals surface area contributed by atoms with Crippen LogP contribution in [0.3, 0.4) is 0 Å². The minimum absolute atomic E-state index is 0.00548. The van der Waals surface area contributed by atoms with Gasteiger partial charge >= 0.3 is 24.7 Å². The Labute approximate surface area is 474 Å². The number of aromatic amines is 2. The second-order valence-corrected chi connectivity index (χ2v) is 20.1. The van der Waals surface area contributed by atoms with Gasteiger partial charge in [0.15, 0.2) is 34.9 Å². The number of aliphatic hydroxyl groups is 2. The quantitative estimate of drug-likeness (QED) is 0.0595. The summed E-state index contributed by atoms with van der Waals surface area (Å²) in [6, 6.07) is 5.61. The van der Waals surface area contributed by atoms with Crippen LogP contribution < -0.4 is 19.6 Å². The number of piperazine rings is 2. The Kier molecular flexibility index (Phi) is 16.6. The van der Waals surface area contributed by atoms with Gasteiger partial charge in [-0.15, -0.1) is 13.2 Å². The molecule has 456 valence electrons. The van der Waals surface area contributed by atoms with Crippen molar-refractivity contribution in [1.29, 1.82) is 0 Å². The first kappa shape index (κ1) is 62.0. The fourth-order valence-corrected chi connectivity index (χ4v) is 10.1. The number of H-pyrrole nitrogens is 2. The summed E-state index contributed by atoms with van der Waals surface area (Å²) in [6.45, 7) is 10.2. The minimum Gasteiger partial charge on any atom is -0.384 e. The molecular formula is C56H44F18N10O2. The molecule has 10 rings (SSSR count). The summed E-state index contributed by atoms with van der Waals surface area (Å²) in [4.78, 5) is 28.3. The van der Waals surface area contributed by atoms with E-state index in [1.54, 1.807) is 23.6 Å². The maximum Gasteiger partial charge on any atom is 0.419 e. The molecule has 0 aliphatic carbocycles. The van der Waals surface area contributed by atoms with Gasteiger partial charge in [-0.1, -0.05) is 12.2 Å². The highest BCUT2D eigenvalue weighted by atomic mass is 19.4. The van der Waals surface area contributed by atoms with E-state index in [0.717, 1.165) is 48.8 Å². The van der Waals surface area contributed by atoms with E-state index in [1.807, 2.05) is 0 Å². The van der Waals surface area contributed by atoms with E-state index < -0.39 is 106 Å². The Hall–Kier alpha value is -8.54. The molecule has 4 aromatic heterocycles. The van der Waals surface area contributed by atoms with E-state index in [4.69, 9.17) is 0 Å². The fraction of sp³-hybridized carbons (Fsp3) is 0.286. The molecule has 86 heavy (non-hydrogen) atoms. The van der Waals surface area contributed by atoms with Crippen molar-refractivity contribution in [1.82, 2.24) is 29.9 Å². The number of pyridine rings is 2. The minimum atomic E-state index is -4.84. The molecule has 2 aliphatic heterocycles. The number of nitrogens with zero attached hydrogens (tertiary/aromatic N) is 8. The normalized spacial score (nSPS) is 17.0. The molecule has 8 aromatic rings. The molecule has 2 fully saturated rings. The van der Waals surface area contributed by atoms with Crippen molar-refractivity contribution in [3.05, 3.63) is 167 Å². The third-order valence-corrected chi connectivity index (χ3v) is 14.3. The molecular weight excluding hydrogens is 1190 g/mol. The van der Waals surface area contributed by atoms with E-state index in [1.165, 1.54) is 9.80 Å². The number of rotatable bonds is 10. The van der Waals surface area contributed by atoms with Crippen LogP contribution >= 0.6 is 0 Å². The second-order valence-electron chi connectivity index (χ2n) is 20.1. The third-order valence-electron chi connectivity index (χ3n) is 14.3. The van der Waals surface area contributed by atoms with E-state index in [9.17, 15) is 89.2 Å². The maximum atomic E-state index is 14.0. The molecule has 0 unspecified atom stereocenters. The number of hydrogen-bond acceptors (Lipinski definition) is 10. The van der Waals surface area contributed by atoms with Crippen molar-refractivity contribution >= 4 is 45.6 Å². The summed E-state index contributed by atoms with van der Waals surface area (Å²) < 4.78 is 249. The highest BCUT2D eigenvalue weighted by Crippen LogP contribution is 2.43. The Morgan fingerprint density at radius 1 is 0.500 bits per heavy atom. The lowest BCUT2D eigenvalue weighted by Gasteiger charge is -2.41. The number of imidazole rings is 2. The maximum absolute atomic E-state index is 14.0. The first-order chi connectivity index (χ1) is 40.2. The van der Waals surface area contributed by atoms with E-state index in [0.29, 0.717) is 36.4 Å². The second kappa shape index (κ2) is 23.0. The number of nitrogens with one attached hydrogen (secondary N) is 2. The van der Waals surface area contributed by atoms with Crippen molar-refractivity contribution in [2.75, 3.05) is 58.9 Å². The van der Waals surface area contributed by atoms with Crippen LogP contribution in [0.2, 0.25) is 0 Å². The van der Waals surface area contributed by atoms with Crippen LogP contribution in [-0.4, -0.2) is 91.5 Å². The molecule has 12 nitrogen and oxygen atoms in total. The predicted octanol–water partition coefficient (Wildman–Crippen LogP) is 14.0. The summed E-state index contributed by atoms with van der Waals surface area (Å²) >= 11 is 0. The summed E-state index contributed by atoms with van der Waals surface area (Å²) in [5.41, 5.74) is -6.38. The van der Waals surface area contributed by atoms with Gasteiger partial charge in [-0.2, -0.15) is 52.7 Å². The van der Waals surface area contributed by atoms with Crippen LogP contribution in [0.25, 0.3) is 44.3 Å². The molecule has 2 aliphatic rings. The predicted molar refractivity (Wildman–Crippen MR) is 280 cm³/mol. The van der Waals surface area contributed by atoms with Gasteiger partial charge < -0.3 is 39.8 Å². The third kappa shape index (κ3) is 12.4. The van der Waals surface area contributed by atoms with Gasteiger partial charge in [0.25, 0.3) is 0 Å². The van der Waals surface area contributed by atoms with Crippen molar-refractivity contribution in [2.24, 2.45) is 0 Å². The molecule has 2 saturated heterocycles. The van der Waals surface area contributed by atoms with Crippen LogP contribution in [0, 0.1) is 34.9 Å². The number of halogens is 18. The first-order valence-corrected chi connectivity index (χ1v) is 25.5. The summed E-state index contributed by atoms with van der Waals surface area (Å²) in [7, 11) is 0. The van der Waals surface area contributed by atoms with E-state index in [2.05, 4.69) is 43.1 Å². The number of fused-ring (bicyclic) bond motifs is 2. The Morgan fingerprint density at radius 2 is 0.837 bits per heavy atom. The van der Waals surface area contributed by atoms with Gasteiger partial charge in [0.1, 0.15) is 11.6 Å². The fourth-order valence-electron chi connectivity index (χ4n) is 10.1. The van der Waals surface area contributed by atoms with Gasteiger partial charge in [-0.25, -0.2) is 46.3 Å². The zero-order valence-electron chi connectivity index (χ0n) is 44.3. The number of hydrogen-bond donors (Lipinski definition) is 4. The molecule has 4 aromatic carbocycles. The summed E-state index contributed by atoms with van der Waals surface area (Å²) in [6.07, 6.45) is -17.6. The lowest BCUT2D eigenvalue weighted by molar-refractivity contribution is -0.138. The van der Waals surface area contributed by atoms with Gasteiger partial charge in [0.05, 0.1) is 56.5 Å². The summed E-state index contributed by atoms with van der Waals surface area (Å²) in [5, 5.41) is 19.8. The van der Waals surface area contributed by atoms with Crippen LogP contribution in [0.4, 0.5) is 103 Å². The molecule has 0 amide bonds. The standard InChI is InChI=1S/2C28H22F9N5O/c2*1-3-22(43)15-6-18(28(35,36)37)25(38-11-15)41-4-5-42(13(2)12-41)26-39-21-10-16(27(32,33)34)9-17(24(21)40-26)14-7-19(29)23(31)20(30)8-14/h2*3,6-11,13,22,43H,1,4-5,12H2,2H3,(H,39,40)/t13-,22+;13-,22-/m11/s1. The Morgan fingerprint density at radius 3 is 1.13 bits per heavy atom. The van der Waals surface area contributed by atoms with Gasteiger partial charge in [0, 0.05) is 86.0 Å². The molecule has 30 heteroatoms. The van der Waals surface area contributed by atoms with Crippen LogP contribution in [0.1, 0.15) is 59.4 Å². The van der Waals surface area contributed by atoms with Crippen molar-refractivity contribution in [2.45, 2.75) is 62.8 Å². The van der Waals surface area contributed by atoms with Crippen molar-refractivity contribution < 1.29 is 89.2 Å². The zero-order valence-corrected chi connectivity index (χ0v) is 44.3. The number of aromatic nitrogens is 6. The highest BCUT2D eigenvalue weighted by Gasteiger charge is 2.41. The SMILES string of the molecule is C=C[C@@H](O)c1cnc(N2CCN(c3nc4c(-c5cc(F)c(F)c(F)c5)cc(C(F)(F)F)cc4[nH]3)[C@H](C)C2)c(C(F)(F)F)c1.C=C[C@H](O)c1cnc(N2CCN(c3nc4c(-c5cc(F)c(F)c(F)c5)cc(C(F)(F)F)cc4[nH]3)[C@H](C)C2)c(C(F)(F)F)c1. The average Bonchev–Trinajstić information content (AvgIpc) is 1.86. The van der Waals surface area contributed by atoms with E-state index in [-0.39, 0.29) is 118 Å². The number of alkyl halides is 12.